The molecule has 22 heavy (non-hydrogen) atoms. The molecule has 0 bridgehead atoms. The minimum atomic E-state index is -0.232. The molecule has 1 amide bonds. The highest BCUT2D eigenvalue weighted by Crippen LogP contribution is 2.24. The first-order valence-corrected chi connectivity index (χ1v) is 7.92. The van der Waals surface area contributed by atoms with Crippen LogP contribution in [0.3, 0.4) is 0 Å². The van der Waals surface area contributed by atoms with Crippen molar-refractivity contribution in [2.75, 3.05) is 11.9 Å². The number of halogens is 2. The van der Waals surface area contributed by atoms with E-state index in [4.69, 9.17) is 16.3 Å². The Hall–Kier alpha value is -1.78. The van der Waals surface area contributed by atoms with E-state index in [1.54, 1.807) is 30.3 Å². The zero-order chi connectivity index (χ0) is 15.9. The van der Waals surface area contributed by atoms with Crippen molar-refractivity contribution in [2.24, 2.45) is 0 Å². The summed E-state index contributed by atoms with van der Waals surface area (Å²) in [6, 6.07) is 12.7. The van der Waals surface area contributed by atoms with E-state index in [1.807, 2.05) is 25.1 Å². The van der Waals surface area contributed by atoms with Crippen molar-refractivity contribution >= 4 is 45.2 Å². The summed E-state index contributed by atoms with van der Waals surface area (Å²) in [6.45, 7) is 2.48. The van der Waals surface area contributed by atoms with E-state index >= 15 is 0 Å². The molecule has 0 atom stereocenters. The van der Waals surface area contributed by atoms with Crippen molar-refractivity contribution in [1.82, 2.24) is 0 Å². The van der Waals surface area contributed by atoms with Gasteiger partial charge < -0.3 is 10.1 Å². The first-order valence-electron chi connectivity index (χ1n) is 6.75. The molecule has 114 valence electrons. The van der Waals surface area contributed by atoms with Crippen LogP contribution < -0.4 is 10.1 Å². The van der Waals surface area contributed by atoms with Gasteiger partial charge in [0.2, 0.25) is 5.91 Å². The van der Waals surface area contributed by atoms with E-state index in [0.29, 0.717) is 17.3 Å². The van der Waals surface area contributed by atoms with Gasteiger partial charge in [-0.1, -0.05) is 33.6 Å². The molecule has 2 rings (SSSR count). The van der Waals surface area contributed by atoms with E-state index in [9.17, 15) is 4.79 Å². The molecule has 0 aromatic heterocycles. The molecule has 2 aromatic carbocycles. The Balaban J connectivity index is 2.11. The number of hydrogen-bond donors (Lipinski definition) is 1. The third-order valence-electron chi connectivity index (χ3n) is 2.78. The van der Waals surface area contributed by atoms with E-state index < -0.39 is 0 Å². The van der Waals surface area contributed by atoms with Crippen molar-refractivity contribution in [3.8, 4) is 5.75 Å². The SMILES string of the molecule is CCOc1ccc(Br)cc1C=CC(=O)Nc1cccc(Cl)c1. The molecule has 0 aliphatic heterocycles. The number of carbonyl (C=O) groups excluding carboxylic acids is 1. The maximum absolute atomic E-state index is 12.0. The summed E-state index contributed by atoms with van der Waals surface area (Å²) in [5.74, 6) is 0.502. The van der Waals surface area contributed by atoms with Crippen LogP contribution in [0.4, 0.5) is 5.69 Å². The van der Waals surface area contributed by atoms with Gasteiger partial charge in [0.15, 0.2) is 0 Å². The fourth-order valence-electron chi connectivity index (χ4n) is 1.85. The summed E-state index contributed by atoms with van der Waals surface area (Å²) < 4.78 is 6.46. The van der Waals surface area contributed by atoms with Gasteiger partial charge in [0.1, 0.15) is 5.75 Å². The van der Waals surface area contributed by atoms with Gasteiger partial charge >= 0.3 is 0 Å². The Bertz CT molecular complexity index is 701. The molecule has 0 aliphatic rings. The van der Waals surface area contributed by atoms with Crippen molar-refractivity contribution in [1.29, 1.82) is 0 Å². The van der Waals surface area contributed by atoms with Crippen LogP contribution in [0.2, 0.25) is 5.02 Å². The molecule has 1 N–H and O–H groups in total. The number of hydrogen-bond acceptors (Lipinski definition) is 2. The van der Waals surface area contributed by atoms with E-state index in [2.05, 4.69) is 21.2 Å². The van der Waals surface area contributed by atoms with E-state index in [0.717, 1.165) is 15.8 Å². The summed E-state index contributed by atoms with van der Waals surface area (Å²) >= 11 is 9.29. The molecular formula is C17H15BrClNO2. The quantitative estimate of drug-likeness (QED) is 0.728. The van der Waals surface area contributed by atoms with Crippen LogP contribution >= 0.6 is 27.5 Å². The summed E-state index contributed by atoms with van der Waals surface area (Å²) in [7, 11) is 0. The lowest BCUT2D eigenvalue weighted by molar-refractivity contribution is -0.111. The fourth-order valence-corrected chi connectivity index (χ4v) is 2.42. The molecule has 0 fully saturated rings. The third kappa shape index (κ3) is 4.90. The van der Waals surface area contributed by atoms with Crippen molar-refractivity contribution in [3.63, 3.8) is 0 Å². The van der Waals surface area contributed by atoms with Gasteiger partial charge in [-0.15, -0.1) is 0 Å². The van der Waals surface area contributed by atoms with Crippen molar-refractivity contribution in [3.05, 3.63) is 63.6 Å². The Labute approximate surface area is 143 Å². The van der Waals surface area contributed by atoms with Crippen LogP contribution in [0.15, 0.2) is 53.0 Å². The summed E-state index contributed by atoms with van der Waals surface area (Å²) in [5, 5.41) is 3.33. The van der Waals surface area contributed by atoms with Gasteiger partial charge in [0, 0.05) is 26.8 Å². The first-order chi connectivity index (χ1) is 10.6. The number of rotatable bonds is 5. The molecule has 0 radical (unpaired) electrons. The normalized spacial score (nSPS) is 10.7. The number of nitrogens with one attached hydrogen (secondary N) is 1. The number of carbonyl (C=O) groups is 1. The molecule has 0 saturated heterocycles. The van der Waals surface area contributed by atoms with Crippen LogP contribution in [0.1, 0.15) is 12.5 Å². The molecular weight excluding hydrogens is 366 g/mol. The first kappa shape index (κ1) is 16.6. The molecule has 2 aromatic rings. The van der Waals surface area contributed by atoms with Gasteiger partial charge in [0.25, 0.3) is 0 Å². The minimum Gasteiger partial charge on any atom is -0.493 e. The minimum absolute atomic E-state index is 0.232. The molecule has 0 aliphatic carbocycles. The molecule has 0 unspecified atom stereocenters. The second-order valence-corrected chi connectivity index (χ2v) is 5.80. The Morgan fingerprint density at radius 3 is 2.86 bits per heavy atom. The van der Waals surface area contributed by atoms with Crippen LogP contribution in [-0.2, 0) is 4.79 Å². The van der Waals surface area contributed by atoms with Gasteiger partial charge in [-0.25, -0.2) is 0 Å². The zero-order valence-electron chi connectivity index (χ0n) is 12.0. The third-order valence-corrected chi connectivity index (χ3v) is 3.51. The topological polar surface area (TPSA) is 38.3 Å². The van der Waals surface area contributed by atoms with Gasteiger partial charge in [-0.2, -0.15) is 0 Å². The second kappa shape index (κ2) is 8.01. The highest BCUT2D eigenvalue weighted by molar-refractivity contribution is 9.10. The number of anilines is 1. The van der Waals surface area contributed by atoms with Crippen LogP contribution in [0.5, 0.6) is 5.75 Å². The highest BCUT2D eigenvalue weighted by atomic mass is 79.9. The predicted octanol–water partition coefficient (Wildman–Crippen LogP) is 5.15. The maximum Gasteiger partial charge on any atom is 0.248 e. The second-order valence-electron chi connectivity index (χ2n) is 4.45. The van der Waals surface area contributed by atoms with Crippen LogP contribution in [0, 0.1) is 0 Å². The molecule has 3 nitrogen and oxygen atoms in total. The lowest BCUT2D eigenvalue weighted by Crippen LogP contribution is -2.07. The molecule has 0 spiro atoms. The average Bonchev–Trinajstić information content (AvgIpc) is 2.48. The molecule has 0 heterocycles. The Morgan fingerprint density at radius 2 is 2.14 bits per heavy atom. The largest absolute Gasteiger partial charge is 0.493 e. The van der Waals surface area contributed by atoms with E-state index in [-0.39, 0.29) is 5.91 Å². The zero-order valence-corrected chi connectivity index (χ0v) is 14.3. The standard InChI is InChI=1S/C17H15BrClNO2/c1-2-22-16-8-7-13(18)10-12(16)6-9-17(21)20-15-5-3-4-14(19)11-15/h3-11H,2H2,1H3,(H,20,21). The predicted molar refractivity (Wildman–Crippen MR) is 94.4 cm³/mol. The van der Waals surface area contributed by atoms with Crippen molar-refractivity contribution in [2.45, 2.75) is 6.92 Å². The number of ether oxygens (including phenoxy) is 1. The molecule has 5 heteroatoms. The van der Waals surface area contributed by atoms with Gasteiger partial charge in [0.05, 0.1) is 6.61 Å². The summed E-state index contributed by atoms with van der Waals surface area (Å²) in [6.07, 6.45) is 3.18. The van der Waals surface area contributed by atoms with Crippen LogP contribution in [-0.4, -0.2) is 12.5 Å². The van der Waals surface area contributed by atoms with E-state index in [1.165, 1.54) is 6.08 Å². The molecule has 0 saturated carbocycles. The van der Waals surface area contributed by atoms with Gasteiger partial charge in [-0.3, -0.25) is 4.79 Å². The van der Waals surface area contributed by atoms with Gasteiger partial charge in [-0.05, 0) is 49.4 Å². The maximum atomic E-state index is 12.0. The average molecular weight is 381 g/mol. The summed E-state index contributed by atoms with van der Waals surface area (Å²) in [5.41, 5.74) is 1.49. The number of amides is 1. The monoisotopic (exact) mass is 379 g/mol. The van der Waals surface area contributed by atoms with Crippen LogP contribution in [0.25, 0.3) is 6.08 Å². The lowest BCUT2D eigenvalue weighted by atomic mass is 10.2. The smallest absolute Gasteiger partial charge is 0.248 e. The number of benzene rings is 2. The summed E-state index contributed by atoms with van der Waals surface area (Å²) in [4.78, 5) is 12.0. The highest BCUT2D eigenvalue weighted by Gasteiger charge is 2.03. The Morgan fingerprint density at radius 1 is 1.32 bits per heavy atom. The lowest BCUT2D eigenvalue weighted by Gasteiger charge is -2.07. The fraction of sp³-hybridized carbons (Fsp3) is 0.118. The Kier molecular flexibility index (Phi) is 6.04. The van der Waals surface area contributed by atoms with Crippen molar-refractivity contribution < 1.29 is 9.53 Å².